The van der Waals surface area contributed by atoms with Crippen LogP contribution in [0.3, 0.4) is 0 Å². The first-order chi connectivity index (χ1) is 9.57. The van der Waals surface area contributed by atoms with Crippen molar-refractivity contribution in [1.29, 1.82) is 5.26 Å². The van der Waals surface area contributed by atoms with Crippen LogP contribution in [0.1, 0.15) is 18.4 Å². The predicted octanol–water partition coefficient (Wildman–Crippen LogP) is 1.11. The lowest BCUT2D eigenvalue weighted by Crippen LogP contribution is -2.41. The Morgan fingerprint density at radius 2 is 2.05 bits per heavy atom. The molecule has 108 valence electrons. The maximum Gasteiger partial charge on any atom is 0.243 e. The molecule has 0 bridgehead atoms. The molecule has 20 heavy (non-hydrogen) atoms. The van der Waals surface area contributed by atoms with Gasteiger partial charge in [0.25, 0.3) is 0 Å². The number of rotatable bonds is 4. The van der Waals surface area contributed by atoms with Crippen LogP contribution in [0.4, 0.5) is 0 Å². The maximum absolute atomic E-state index is 12.5. The Morgan fingerprint density at radius 3 is 2.65 bits per heavy atom. The van der Waals surface area contributed by atoms with E-state index in [1.807, 2.05) is 6.07 Å². The smallest absolute Gasteiger partial charge is 0.243 e. The van der Waals surface area contributed by atoms with E-state index < -0.39 is 10.0 Å². The van der Waals surface area contributed by atoms with Gasteiger partial charge in [-0.15, -0.1) is 0 Å². The van der Waals surface area contributed by atoms with Gasteiger partial charge in [0.15, 0.2) is 0 Å². The lowest BCUT2D eigenvalue weighted by atomic mass is 10.0. The fourth-order valence-electron chi connectivity index (χ4n) is 2.46. The van der Waals surface area contributed by atoms with Crippen LogP contribution in [0.25, 0.3) is 0 Å². The fourth-order valence-corrected chi connectivity index (χ4v) is 4.01. The first-order valence-corrected chi connectivity index (χ1v) is 8.18. The van der Waals surface area contributed by atoms with Gasteiger partial charge in [0, 0.05) is 13.1 Å². The second-order valence-electron chi connectivity index (χ2n) is 5.09. The van der Waals surface area contributed by atoms with E-state index in [0.717, 1.165) is 18.4 Å². The summed E-state index contributed by atoms with van der Waals surface area (Å²) >= 11 is 0. The van der Waals surface area contributed by atoms with Gasteiger partial charge >= 0.3 is 0 Å². The summed E-state index contributed by atoms with van der Waals surface area (Å²) in [5.74, 6) is 0.247. The van der Waals surface area contributed by atoms with Crippen LogP contribution >= 0.6 is 0 Å². The van der Waals surface area contributed by atoms with Crippen molar-refractivity contribution in [2.45, 2.75) is 24.2 Å². The van der Waals surface area contributed by atoms with Crippen LogP contribution in [-0.2, 0) is 16.4 Å². The fraction of sp³-hybridized carbons (Fsp3) is 0.500. The monoisotopic (exact) mass is 293 g/mol. The van der Waals surface area contributed by atoms with Crippen LogP contribution in [-0.4, -0.2) is 32.4 Å². The minimum absolute atomic E-state index is 0.247. The van der Waals surface area contributed by atoms with Gasteiger partial charge in [-0.05, 0) is 43.0 Å². The summed E-state index contributed by atoms with van der Waals surface area (Å²) in [7, 11) is -3.44. The molecule has 0 amide bonds. The van der Waals surface area contributed by atoms with Gasteiger partial charge in [-0.2, -0.15) is 9.57 Å². The van der Waals surface area contributed by atoms with Crippen molar-refractivity contribution in [2.24, 2.45) is 11.7 Å². The number of nitrogens with two attached hydrogens (primary N) is 1. The summed E-state index contributed by atoms with van der Waals surface area (Å²) in [5, 5.41) is 8.62. The molecule has 1 fully saturated rings. The van der Waals surface area contributed by atoms with Crippen LogP contribution in [0, 0.1) is 17.2 Å². The van der Waals surface area contributed by atoms with Crippen molar-refractivity contribution >= 4 is 10.0 Å². The molecule has 1 unspecified atom stereocenters. The molecule has 1 saturated heterocycles. The Morgan fingerprint density at radius 1 is 1.35 bits per heavy atom. The Bertz CT molecular complexity index is 590. The molecule has 0 saturated carbocycles. The number of nitriles is 1. The molecule has 1 atom stereocenters. The summed E-state index contributed by atoms with van der Waals surface area (Å²) in [6.07, 6.45) is 2.14. The highest BCUT2D eigenvalue weighted by Crippen LogP contribution is 2.23. The molecule has 0 aliphatic carbocycles. The minimum atomic E-state index is -3.44. The summed E-state index contributed by atoms with van der Waals surface area (Å²) in [6, 6.07) is 8.59. The molecule has 1 heterocycles. The lowest BCUT2D eigenvalue weighted by molar-refractivity contribution is 0.271. The second kappa shape index (κ2) is 6.35. The van der Waals surface area contributed by atoms with Crippen molar-refractivity contribution in [1.82, 2.24) is 4.31 Å². The highest BCUT2D eigenvalue weighted by Gasteiger charge is 2.29. The van der Waals surface area contributed by atoms with E-state index in [-0.39, 0.29) is 10.8 Å². The van der Waals surface area contributed by atoms with Crippen molar-refractivity contribution in [3.05, 3.63) is 29.8 Å². The van der Waals surface area contributed by atoms with Crippen molar-refractivity contribution < 1.29 is 8.42 Å². The molecule has 0 spiro atoms. The highest BCUT2D eigenvalue weighted by atomic mass is 32.2. The number of hydrogen-bond acceptors (Lipinski definition) is 4. The van der Waals surface area contributed by atoms with E-state index in [0.29, 0.717) is 26.1 Å². The predicted molar refractivity (Wildman–Crippen MR) is 76.3 cm³/mol. The molecular formula is C14H19N3O2S. The third kappa shape index (κ3) is 3.18. The van der Waals surface area contributed by atoms with E-state index in [4.69, 9.17) is 11.0 Å². The van der Waals surface area contributed by atoms with E-state index in [9.17, 15) is 8.42 Å². The topological polar surface area (TPSA) is 87.2 Å². The molecule has 1 aromatic carbocycles. The van der Waals surface area contributed by atoms with Gasteiger partial charge < -0.3 is 5.73 Å². The number of benzene rings is 1. The Kier molecular flexibility index (Phi) is 4.76. The van der Waals surface area contributed by atoms with Crippen LogP contribution < -0.4 is 5.73 Å². The molecular weight excluding hydrogens is 274 g/mol. The number of hydrogen-bond donors (Lipinski definition) is 1. The zero-order chi connectivity index (χ0) is 14.6. The average Bonchev–Trinajstić information content (AvgIpc) is 2.48. The van der Waals surface area contributed by atoms with Crippen LogP contribution in [0.5, 0.6) is 0 Å². The van der Waals surface area contributed by atoms with Crippen molar-refractivity contribution in [3.63, 3.8) is 0 Å². The largest absolute Gasteiger partial charge is 0.330 e. The van der Waals surface area contributed by atoms with Crippen LogP contribution in [0.15, 0.2) is 29.2 Å². The third-order valence-corrected chi connectivity index (χ3v) is 5.54. The molecule has 0 radical (unpaired) electrons. The second-order valence-corrected chi connectivity index (χ2v) is 7.02. The Hall–Kier alpha value is -1.42. The van der Waals surface area contributed by atoms with Crippen molar-refractivity contribution in [2.75, 3.05) is 19.6 Å². The maximum atomic E-state index is 12.5. The Labute approximate surface area is 120 Å². The lowest BCUT2D eigenvalue weighted by Gasteiger charge is -2.31. The zero-order valence-electron chi connectivity index (χ0n) is 11.3. The number of sulfonamides is 1. The summed E-state index contributed by atoms with van der Waals surface area (Å²) < 4.78 is 26.6. The number of nitrogens with zero attached hydrogens (tertiary/aromatic N) is 2. The van der Waals surface area contributed by atoms with Gasteiger partial charge in [-0.1, -0.05) is 12.1 Å². The standard InChI is InChI=1S/C14H19N3O2S/c15-8-7-12-3-5-14(6-4-12)20(18,19)17-9-1-2-13(10-16)11-17/h3-6,13H,1-2,7,9-11,16H2. The summed E-state index contributed by atoms with van der Waals surface area (Å²) in [5.41, 5.74) is 6.47. The number of piperidine rings is 1. The first-order valence-electron chi connectivity index (χ1n) is 6.74. The minimum Gasteiger partial charge on any atom is -0.330 e. The molecule has 1 aliphatic rings. The van der Waals surface area contributed by atoms with E-state index in [2.05, 4.69) is 0 Å². The molecule has 1 aromatic rings. The molecule has 6 heteroatoms. The van der Waals surface area contributed by atoms with E-state index in [1.165, 1.54) is 4.31 Å². The zero-order valence-corrected chi connectivity index (χ0v) is 12.1. The quantitative estimate of drug-likeness (QED) is 0.901. The van der Waals surface area contributed by atoms with Crippen LogP contribution in [0.2, 0.25) is 0 Å². The summed E-state index contributed by atoms with van der Waals surface area (Å²) in [6.45, 7) is 1.57. The van der Waals surface area contributed by atoms with E-state index in [1.54, 1.807) is 24.3 Å². The Balaban J connectivity index is 2.19. The van der Waals surface area contributed by atoms with Crippen molar-refractivity contribution in [3.8, 4) is 6.07 Å². The van der Waals surface area contributed by atoms with Gasteiger partial charge in [0.1, 0.15) is 0 Å². The molecule has 2 rings (SSSR count). The molecule has 0 aromatic heterocycles. The van der Waals surface area contributed by atoms with Gasteiger partial charge in [-0.3, -0.25) is 0 Å². The average molecular weight is 293 g/mol. The SMILES string of the molecule is N#CCc1ccc(S(=O)(=O)N2CCCC(CN)C2)cc1. The van der Waals surface area contributed by atoms with Gasteiger partial charge in [0.2, 0.25) is 10.0 Å². The molecule has 5 nitrogen and oxygen atoms in total. The molecule has 1 aliphatic heterocycles. The summed E-state index contributed by atoms with van der Waals surface area (Å²) in [4.78, 5) is 0.289. The van der Waals surface area contributed by atoms with Gasteiger partial charge in [-0.25, -0.2) is 8.42 Å². The highest BCUT2D eigenvalue weighted by molar-refractivity contribution is 7.89. The third-order valence-electron chi connectivity index (χ3n) is 3.66. The molecule has 2 N–H and O–H groups in total. The first kappa shape index (κ1) is 15.0. The van der Waals surface area contributed by atoms with E-state index >= 15 is 0 Å². The normalized spacial score (nSPS) is 20.5. The van der Waals surface area contributed by atoms with Gasteiger partial charge in [0.05, 0.1) is 17.4 Å².